The minimum atomic E-state index is 0.320. The Morgan fingerprint density at radius 2 is 1.94 bits per heavy atom. The third-order valence-corrected chi connectivity index (χ3v) is 5.15. The van der Waals surface area contributed by atoms with Crippen LogP contribution in [0.5, 0.6) is 0 Å². The topological polar surface area (TPSA) is 0 Å². The summed E-state index contributed by atoms with van der Waals surface area (Å²) in [5.74, 6) is 0. The van der Waals surface area contributed by atoms with Gasteiger partial charge in [-0.2, -0.15) is 0 Å². The minimum absolute atomic E-state index is 0.320. The molecule has 1 aromatic carbocycles. The first-order valence-electron chi connectivity index (χ1n) is 7.07. The molecule has 0 spiro atoms. The molecule has 1 atom stereocenters. The van der Waals surface area contributed by atoms with Crippen LogP contribution in [0.1, 0.15) is 70.6 Å². The van der Waals surface area contributed by atoms with Crippen molar-refractivity contribution < 1.29 is 0 Å². The van der Waals surface area contributed by atoms with Crippen molar-refractivity contribution in [3.8, 4) is 0 Å². The van der Waals surface area contributed by atoms with Gasteiger partial charge in [0.25, 0.3) is 0 Å². The van der Waals surface area contributed by atoms with Crippen molar-refractivity contribution in [2.45, 2.75) is 71.1 Å². The zero-order valence-corrected chi connectivity index (χ0v) is 12.1. The van der Waals surface area contributed by atoms with Gasteiger partial charge in [0.2, 0.25) is 0 Å². The molecule has 1 aliphatic rings. The van der Waals surface area contributed by atoms with Gasteiger partial charge < -0.3 is 0 Å². The lowest BCUT2D eigenvalue weighted by atomic mass is 9.78. The van der Waals surface area contributed by atoms with Gasteiger partial charge in [0.15, 0.2) is 0 Å². The summed E-state index contributed by atoms with van der Waals surface area (Å²) in [4.78, 5) is 0. The molecule has 0 aromatic heterocycles. The van der Waals surface area contributed by atoms with Crippen LogP contribution in [0.2, 0.25) is 0 Å². The van der Waals surface area contributed by atoms with Crippen LogP contribution in [0.3, 0.4) is 0 Å². The third-order valence-electron chi connectivity index (χ3n) is 5.15. The molecule has 0 fully saturated rings. The van der Waals surface area contributed by atoms with E-state index in [0.717, 1.165) is 0 Å². The van der Waals surface area contributed by atoms with Gasteiger partial charge in [0.05, 0.1) is 0 Å². The Kier molecular flexibility index (Phi) is 3.10. The van der Waals surface area contributed by atoms with Gasteiger partial charge in [0.1, 0.15) is 0 Å². The monoisotopic (exact) mass is 230 g/mol. The molecule has 0 amide bonds. The second-order valence-electron chi connectivity index (χ2n) is 6.52. The molecule has 17 heavy (non-hydrogen) atoms. The van der Waals surface area contributed by atoms with Crippen molar-refractivity contribution in [1.82, 2.24) is 0 Å². The first kappa shape index (κ1) is 12.7. The fraction of sp³-hybridized carbons (Fsp3) is 0.647. The number of benzene rings is 1. The van der Waals surface area contributed by atoms with Gasteiger partial charge in [-0.3, -0.25) is 0 Å². The highest BCUT2D eigenvalue weighted by Gasteiger charge is 2.33. The number of rotatable bonds is 3. The van der Waals surface area contributed by atoms with Gasteiger partial charge in [-0.15, -0.1) is 0 Å². The molecular weight excluding hydrogens is 204 g/mol. The van der Waals surface area contributed by atoms with E-state index < -0.39 is 0 Å². The Morgan fingerprint density at radius 3 is 2.53 bits per heavy atom. The summed E-state index contributed by atoms with van der Waals surface area (Å²) in [5, 5.41) is 0. The lowest BCUT2D eigenvalue weighted by Gasteiger charge is -2.26. The third kappa shape index (κ3) is 2.03. The molecular formula is C17H26. The smallest absolute Gasteiger partial charge is 0.00720 e. The minimum Gasteiger partial charge on any atom is -0.0646 e. The number of hydrogen-bond acceptors (Lipinski definition) is 0. The summed E-state index contributed by atoms with van der Waals surface area (Å²) in [7, 11) is 0. The number of fused-ring (bicyclic) bond motifs is 1. The standard InChI is InChI=1S/C17H26/c1-6-16(3,4)14-8-9-15-13(12-14)10-11-17(15,5)7-2/h8-9,12H,6-7,10-11H2,1-5H3. The average Bonchev–Trinajstić information content (AvgIpc) is 2.67. The van der Waals surface area contributed by atoms with Crippen molar-refractivity contribution in [2.75, 3.05) is 0 Å². The van der Waals surface area contributed by atoms with Gasteiger partial charge in [0, 0.05) is 0 Å². The van der Waals surface area contributed by atoms with Crippen molar-refractivity contribution >= 4 is 0 Å². The lowest BCUT2D eigenvalue weighted by Crippen LogP contribution is -2.18. The van der Waals surface area contributed by atoms with Crippen LogP contribution in [0.25, 0.3) is 0 Å². The maximum atomic E-state index is 2.47. The fourth-order valence-electron chi connectivity index (χ4n) is 2.93. The van der Waals surface area contributed by atoms with Gasteiger partial charge in [-0.1, -0.05) is 52.8 Å². The van der Waals surface area contributed by atoms with E-state index >= 15 is 0 Å². The quantitative estimate of drug-likeness (QED) is 0.686. The Morgan fingerprint density at radius 1 is 1.24 bits per heavy atom. The molecule has 94 valence electrons. The molecule has 0 saturated heterocycles. The average molecular weight is 230 g/mol. The predicted octanol–water partition coefficient (Wildman–Crippen LogP) is 4.99. The first-order valence-corrected chi connectivity index (χ1v) is 7.07. The van der Waals surface area contributed by atoms with E-state index in [4.69, 9.17) is 0 Å². The van der Waals surface area contributed by atoms with Gasteiger partial charge >= 0.3 is 0 Å². The van der Waals surface area contributed by atoms with Crippen LogP contribution >= 0.6 is 0 Å². The van der Waals surface area contributed by atoms with Crippen LogP contribution in [-0.2, 0) is 17.3 Å². The second kappa shape index (κ2) is 4.15. The molecule has 0 saturated carbocycles. The summed E-state index contributed by atoms with van der Waals surface area (Å²) in [6.45, 7) is 11.7. The van der Waals surface area contributed by atoms with Crippen LogP contribution in [0.4, 0.5) is 0 Å². The lowest BCUT2D eigenvalue weighted by molar-refractivity contribution is 0.453. The molecule has 0 heteroatoms. The fourth-order valence-corrected chi connectivity index (χ4v) is 2.93. The summed E-state index contributed by atoms with van der Waals surface area (Å²) in [6, 6.07) is 7.24. The molecule has 1 aliphatic carbocycles. The Balaban J connectivity index is 2.42. The molecule has 0 bridgehead atoms. The van der Waals surface area contributed by atoms with E-state index in [-0.39, 0.29) is 0 Å². The maximum Gasteiger partial charge on any atom is -0.00720 e. The maximum absolute atomic E-state index is 2.47. The van der Waals surface area contributed by atoms with E-state index in [0.29, 0.717) is 10.8 Å². The second-order valence-corrected chi connectivity index (χ2v) is 6.52. The summed E-state index contributed by atoms with van der Waals surface area (Å²) in [5.41, 5.74) is 5.48. The van der Waals surface area contributed by atoms with Crippen molar-refractivity contribution in [3.05, 3.63) is 34.9 Å². The van der Waals surface area contributed by atoms with E-state index in [1.807, 2.05) is 0 Å². The highest BCUT2D eigenvalue weighted by Crippen LogP contribution is 2.42. The van der Waals surface area contributed by atoms with E-state index in [9.17, 15) is 0 Å². The molecule has 1 aromatic rings. The van der Waals surface area contributed by atoms with Crippen LogP contribution in [0, 0.1) is 0 Å². The Labute approximate surface area is 106 Å². The Hall–Kier alpha value is -0.780. The van der Waals surface area contributed by atoms with E-state index in [2.05, 4.69) is 52.8 Å². The largest absolute Gasteiger partial charge is 0.0646 e. The molecule has 0 nitrogen and oxygen atoms in total. The summed E-state index contributed by atoms with van der Waals surface area (Å²) in [6.07, 6.45) is 5.06. The molecule has 1 unspecified atom stereocenters. The zero-order chi connectivity index (χ0) is 12.7. The summed E-state index contributed by atoms with van der Waals surface area (Å²) < 4.78 is 0. The predicted molar refractivity (Wildman–Crippen MR) is 75.7 cm³/mol. The highest BCUT2D eigenvalue weighted by atomic mass is 14.4. The van der Waals surface area contributed by atoms with Crippen molar-refractivity contribution in [3.63, 3.8) is 0 Å². The molecule has 0 aliphatic heterocycles. The zero-order valence-electron chi connectivity index (χ0n) is 12.1. The number of aryl methyl sites for hydroxylation is 1. The highest BCUT2D eigenvalue weighted by molar-refractivity contribution is 5.43. The van der Waals surface area contributed by atoms with Crippen LogP contribution in [0.15, 0.2) is 18.2 Å². The number of hydrogen-bond donors (Lipinski definition) is 0. The van der Waals surface area contributed by atoms with E-state index in [1.165, 1.54) is 31.2 Å². The molecule has 0 radical (unpaired) electrons. The normalized spacial score (nSPS) is 23.8. The van der Waals surface area contributed by atoms with Crippen molar-refractivity contribution in [1.29, 1.82) is 0 Å². The van der Waals surface area contributed by atoms with Gasteiger partial charge in [-0.05, 0) is 53.2 Å². The van der Waals surface area contributed by atoms with Crippen molar-refractivity contribution in [2.24, 2.45) is 0 Å². The Bertz CT molecular complexity index is 414. The molecule has 0 heterocycles. The van der Waals surface area contributed by atoms with Crippen LogP contribution in [-0.4, -0.2) is 0 Å². The molecule has 2 rings (SSSR count). The van der Waals surface area contributed by atoms with E-state index in [1.54, 1.807) is 11.1 Å². The van der Waals surface area contributed by atoms with Gasteiger partial charge in [-0.25, -0.2) is 0 Å². The van der Waals surface area contributed by atoms with Crippen LogP contribution < -0.4 is 0 Å². The summed E-state index contributed by atoms with van der Waals surface area (Å²) >= 11 is 0. The first-order chi connectivity index (χ1) is 7.93. The SMILES string of the molecule is CCC(C)(C)c1ccc2c(c1)CCC2(C)CC. The molecule has 0 N–H and O–H groups in total.